The van der Waals surface area contributed by atoms with E-state index in [0.717, 1.165) is 17.0 Å². The number of nitrogens with zero attached hydrogens (tertiary/aromatic N) is 2. The number of rotatable bonds is 3. The summed E-state index contributed by atoms with van der Waals surface area (Å²) < 4.78 is 17.2. The van der Waals surface area contributed by atoms with E-state index in [-0.39, 0.29) is 22.9 Å². The van der Waals surface area contributed by atoms with Crippen LogP contribution in [0.3, 0.4) is 0 Å². The Morgan fingerprint density at radius 1 is 1.00 bits per heavy atom. The van der Waals surface area contributed by atoms with E-state index in [4.69, 9.17) is 13.6 Å². The highest BCUT2D eigenvalue weighted by Crippen LogP contribution is 2.33. The molecule has 0 spiro atoms. The number of ether oxygens (including phenoxy) is 1. The van der Waals surface area contributed by atoms with Crippen LogP contribution in [-0.4, -0.2) is 9.97 Å². The molecule has 4 rings (SSSR count). The van der Waals surface area contributed by atoms with Gasteiger partial charge in [0.15, 0.2) is 5.76 Å². The van der Waals surface area contributed by atoms with Crippen LogP contribution in [0, 0.1) is 20.8 Å². The third kappa shape index (κ3) is 2.86. The average molecular weight is 348 g/mol. The van der Waals surface area contributed by atoms with Crippen LogP contribution in [0.15, 0.2) is 56.3 Å². The van der Waals surface area contributed by atoms with Gasteiger partial charge in [0.25, 0.3) is 0 Å². The zero-order valence-corrected chi connectivity index (χ0v) is 14.6. The van der Waals surface area contributed by atoms with E-state index in [1.807, 2.05) is 32.9 Å². The average Bonchev–Trinajstić information content (AvgIpc) is 3.10. The topological polar surface area (TPSA) is 78.4 Å². The largest absolute Gasteiger partial charge is 0.461 e. The molecule has 6 heteroatoms. The first kappa shape index (κ1) is 16.1. The lowest BCUT2D eigenvalue weighted by atomic mass is 10.1. The van der Waals surface area contributed by atoms with E-state index in [2.05, 4.69) is 9.97 Å². The Morgan fingerprint density at radius 2 is 1.77 bits per heavy atom. The normalized spacial score (nSPS) is 11.0. The van der Waals surface area contributed by atoms with Crippen molar-refractivity contribution in [1.82, 2.24) is 9.97 Å². The van der Waals surface area contributed by atoms with Crippen molar-refractivity contribution < 1.29 is 13.6 Å². The Kier molecular flexibility index (Phi) is 3.80. The van der Waals surface area contributed by atoms with Gasteiger partial charge in [-0.2, -0.15) is 0 Å². The summed E-state index contributed by atoms with van der Waals surface area (Å²) in [6, 6.07) is 10.7. The van der Waals surface area contributed by atoms with Gasteiger partial charge in [-0.25, -0.2) is 9.97 Å². The van der Waals surface area contributed by atoms with Crippen molar-refractivity contribution >= 4 is 11.0 Å². The molecule has 0 aliphatic carbocycles. The molecular weight excluding hydrogens is 332 g/mol. The third-order valence-electron chi connectivity index (χ3n) is 3.91. The summed E-state index contributed by atoms with van der Waals surface area (Å²) in [7, 11) is 0. The van der Waals surface area contributed by atoms with Gasteiger partial charge < -0.3 is 13.6 Å². The Labute approximate surface area is 149 Å². The Morgan fingerprint density at radius 3 is 2.46 bits per heavy atom. The fourth-order valence-corrected chi connectivity index (χ4v) is 2.78. The number of fused-ring (bicyclic) bond motifs is 1. The van der Waals surface area contributed by atoms with Gasteiger partial charge in [0, 0.05) is 11.4 Å². The van der Waals surface area contributed by atoms with E-state index >= 15 is 0 Å². The Balaban J connectivity index is 1.97. The molecule has 0 aliphatic rings. The molecule has 0 atom stereocenters. The highest BCUT2D eigenvalue weighted by atomic mass is 16.5. The van der Waals surface area contributed by atoms with Gasteiger partial charge >= 0.3 is 6.01 Å². The molecule has 0 aliphatic heterocycles. The van der Waals surface area contributed by atoms with Crippen molar-refractivity contribution in [2.75, 3.05) is 0 Å². The maximum atomic E-state index is 13.0. The summed E-state index contributed by atoms with van der Waals surface area (Å²) in [5.74, 6) is 0.604. The molecule has 0 saturated carbocycles. The number of benzene rings is 1. The van der Waals surface area contributed by atoms with Crippen LogP contribution < -0.4 is 10.2 Å². The maximum Gasteiger partial charge on any atom is 0.322 e. The number of hydrogen-bond donors (Lipinski definition) is 0. The van der Waals surface area contributed by atoms with E-state index in [9.17, 15) is 4.79 Å². The van der Waals surface area contributed by atoms with Gasteiger partial charge in [-0.15, -0.1) is 0 Å². The molecule has 0 amide bonds. The van der Waals surface area contributed by atoms with Crippen LogP contribution in [0.4, 0.5) is 0 Å². The number of aryl methyl sites for hydroxylation is 3. The van der Waals surface area contributed by atoms with Crippen LogP contribution in [0.25, 0.3) is 22.5 Å². The summed E-state index contributed by atoms with van der Waals surface area (Å²) in [6.45, 7) is 5.60. The molecule has 3 aromatic heterocycles. The number of furan rings is 1. The highest BCUT2D eigenvalue weighted by molar-refractivity contribution is 5.81. The second-order valence-corrected chi connectivity index (χ2v) is 6.10. The summed E-state index contributed by atoms with van der Waals surface area (Å²) in [4.78, 5) is 21.5. The van der Waals surface area contributed by atoms with Gasteiger partial charge in [0.1, 0.15) is 5.58 Å². The monoisotopic (exact) mass is 348 g/mol. The van der Waals surface area contributed by atoms with E-state index in [1.165, 1.54) is 6.26 Å². The predicted molar refractivity (Wildman–Crippen MR) is 96.5 cm³/mol. The van der Waals surface area contributed by atoms with Crippen LogP contribution in [0.5, 0.6) is 11.8 Å². The van der Waals surface area contributed by atoms with Crippen molar-refractivity contribution in [2.24, 2.45) is 0 Å². The third-order valence-corrected chi connectivity index (χ3v) is 3.91. The molecule has 0 unspecified atom stereocenters. The smallest absolute Gasteiger partial charge is 0.322 e. The minimum absolute atomic E-state index is 0.00121. The lowest BCUT2D eigenvalue weighted by Gasteiger charge is -2.10. The summed E-state index contributed by atoms with van der Waals surface area (Å²) in [6.07, 6.45) is 1.51. The van der Waals surface area contributed by atoms with Crippen LogP contribution >= 0.6 is 0 Å². The first-order valence-electron chi connectivity index (χ1n) is 8.13. The molecule has 0 bridgehead atoms. The van der Waals surface area contributed by atoms with Crippen molar-refractivity contribution in [2.45, 2.75) is 20.8 Å². The summed E-state index contributed by atoms with van der Waals surface area (Å²) in [5, 5.41) is 0.422. The van der Waals surface area contributed by atoms with E-state index < -0.39 is 0 Å². The fraction of sp³-hybridized carbons (Fsp3) is 0.150. The van der Waals surface area contributed by atoms with Gasteiger partial charge in [0.2, 0.25) is 16.9 Å². The van der Waals surface area contributed by atoms with Crippen LogP contribution in [0.2, 0.25) is 0 Å². The molecule has 130 valence electrons. The van der Waals surface area contributed by atoms with E-state index in [1.54, 1.807) is 24.3 Å². The van der Waals surface area contributed by atoms with Crippen molar-refractivity contribution in [1.29, 1.82) is 0 Å². The minimum Gasteiger partial charge on any atom is -0.461 e. The molecule has 0 saturated heterocycles. The quantitative estimate of drug-likeness (QED) is 0.540. The Hall–Kier alpha value is -3.41. The molecule has 26 heavy (non-hydrogen) atoms. The first-order chi connectivity index (χ1) is 12.5. The van der Waals surface area contributed by atoms with Crippen LogP contribution in [0.1, 0.15) is 17.0 Å². The molecule has 0 radical (unpaired) electrons. The zero-order valence-electron chi connectivity index (χ0n) is 14.6. The lowest BCUT2D eigenvalue weighted by Crippen LogP contribution is -2.09. The SMILES string of the molecule is Cc1ccc2c(=O)c(Oc3nc(C)cc(C)n3)c(-c3ccco3)oc2c1. The highest BCUT2D eigenvalue weighted by Gasteiger charge is 2.21. The summed E-state index contributed by atoms with van der Waals surface area (Å²) >= 11 is 0. The standard InChI is InChI=1S/C20H16N2O4/c1-11-6-7-14-16(9-11)25-18(15-5-4-8-24-15)19(17(14)23)26-20-21-12(2)10-13(3)22-20/h4-10H,1-3H3. The molecule has 4 aromatic rings. The molecule has 3 heterocycles. The second-order valence-electron chi connectivity index (χ2n) is 6.10. The lowest BCUT2D eigenvalue weighted by molar-refractivity contribution is 0.416. The summed E-state index contributed by atoms with van der Waals surface area (Å²) in [5.41, 5.74) is 2.63. The van der Waals surface area contributed by atoms with Gasteiger partial charge in [-0.1, -0.05) is 6.07 Å². The maximum absolute atomic E-state index is 13.0. The number of hydrogen-bond acceptors (Lipinski definition) is 6. The van der Waals surface area contributed by atoms with Crippen LogP contribution in [-0.2, 0) is 0 Å². The van der Waals surface area contributed by atoms with Crippen molar-refractivity contribution in [3.8, 4) is 23.3 Å². The Bertz CT molecular complexity index is 1140. The van der Waals surface area contributed by atoms with Crippen molar-refractivity contribution in [3.63, 3.8) is 0 Å². The molecule has 6 nitrogen and oxygen atoms in total. The molecular formula is C20H16N2O4. The van der Waals surface area contributed by atoms with Crippen molar-refractivity contribution in [3.05, 3.63) is 69.8 Å². The fourth-order valence-electron chi connectivity index (χ4n) is 2.78. The molecule has 0 fully saturated rings. The number of aromatic nitrogens is 2. The van der Waals surface area contributed by atoms with Gasteiger partial charge in [-0.05, 0) is 56.7 Å². The van der Waals surface area contributed by atoms with Gasteiger partial charge in [0.05, 0.1) is 11.6 Å². The van der Waals surface area contributed by atoms with E-state index in [0.29, 0.717) is 16.7 Å². The second kappa shape index (κ2) is 6.15. The molecule has 1 aromatic carbocycles. The first-order valence-corrected chi connectivity index (χ1v) is 8.13. The minimum atomic E-state index is -0.305. The zero-order chi connectivity index (χ0) is 18.3. The molecule has 0 N–H and O–H groups in total. The predicted octanol–water partition coefficient (Wildman–Crippen LogP) is 4.56. The van der Waals surface area contributed by atoms with Gasteiger partial charge in [-0.3, -0.25) is 4.79 Å².